The highest BCUT2D eigenvalue weighted by Crippen LogP contribution is 2.14. The molecule has 112 valence electrons. The third-order valence-electron chi connectivity index (χ3n) is 3.38. The van der Waals surface area contributed by atoms with Crippen LogP contribution < -0.4 is 5.32 Å². The molecule has 1 heterocycles. The molecular weight excluding hydrogens is 268 g/mol. The molecule has 0 aliphatic heterocycles. The topological polar surface area (TPSA) is 69.0 Å². The molecule has 0 atom stereocenters. The zero-order valence-corrected chi connectivity index (χ0v) is 12.5. The quantitative estimate of drug-likeness (QED) is 0.880. The molecule has 6 heteroatoms. The normalized spacial score (nSPS) is 11.4. The first-order valence-corrected chi connectivity index (χ1v) is 6.81. The van der Waals surface area contributed by atoms with E-state index in [0.29, 0.717) is 17.8 Å². The molecule has 0 saturated carbocycles. The van der Waals surface area contributed by atoms with E-state index in [2.05, 4.69) is 15.4 Å². The van der Waals surface area contributed by atoms with Crippen molar-refractivity contribution in [2.45, 2.75) is 25.9 Å². The number of hydrogen-bond donors (Lipinski definition) is 1. The Morgan fingerprint density at radius 3 is 2.81 bits per heavy atom. The number of benzene rings is 1. The number of hydrogen-bond acceptors (Lipinski definition) is 4. The van der Waals surface area contributed by atoms with Crippen molar-refractivity contribution in [2.75, 3.05) is 13.7 Å². The summed E-state index contributed by atoms with van der Waals surface area (Å²) >= 11 is 0. The van der Waals surface area contributed by atoms with Crippen LogP contribution in [-0.2, 0) is 4.74 Å². The Balaban J connectivity index is 2.07. The molecule has 0 bridgehead atoms. The Morgan fingerprint density at radius 1 is 1.38 bits per heavy atom. The Bertz CT molecular complexity index is 593. The summed E-state index contributed by atoms with van der Waals surface area (Å²) in [6, 6.07) is 7.30. The standard InChI is InChI=1S/C15H20N4O2/c1-15(2,21-3)8-9-17-14(20)12-6-4-5-7-13(12)19-11-16-10-18-19/h4-7,10-11H,8-9H2,1-3H3,(H,17,20). The lowest BCUT2D eigenvalue weighted by Crippen LogP contribution is -2.32. The van der Waals surface area contributed by atoms with Crippen molar-refractivity contribution < 1.29 is 9.53 Å². The van der Waals surface area contributed by atoms with E-state index >= 15 is 0 Å². The van der Waals surface area contributed by atoms with Crippen molar-refractivity contribution in [3.05, 3.63) is 42.5 Å². The molecule has 2 rings (SSSR count). The van der Waals surface area contributed by atoms with E-state index in [1.807, 2.05) is 32.0 Å². The largest absolute Gasteiger partial charge is 0.379 e. The summed E-state index contributed by atoms with van der Waals surface area (Å²) in [6.07, 6.45) is 3.75. The fourth-order valence-electron chi connectivity index (χ4n) is 1.87. The molecule has 0 spiro atoms. The lowest BCUT2D eigenvalue weighted by Gasteiger charge is -2.22. The SMILES string of the molecule is COC(C)(C)CCNC(=O)c1ccccc1-n1cncn1. The lowest BCUT2D eigenvalue weighted by atomic mass is 10.1. The Morgan fingerprint density at radius 2 is 2.14 bits per heavy atom. The fraction of sp³-hybridized carbons (Fsp3) is 0.400. The second-order valence-electron chi connectivity index (χ2n) is 5.33. The maximum atomic E-state index is 12.3. The van der Waals surface area contributed by atoms with Crippen LogP contribution in [0.3, 0.4) is 0 Å². The number of amides is 1. The molecule has 0 aliphatic carbocycles. The van der Waals surface area contributed by atoms with Gasteiger partial charge in [0.05, 0.1) is 16.9 Å². The van der Waals surface area contributed by atoms with Crippen LogP contribution in [0.15, 0.2) is 36.9 Å². The van der Waals surface area contributed by atoms with Gasteiger partial charge in [-0.2, -0.15) is 5.10 Å². The smallest absolute Gasteiger partial charge is 0.253 e. The summed E-state index contributed by atoms with van der Waals surface area (Å²) < 4.78 is 6.91. The lowest BCUT2D eigenvalue weighted by molar-refractivity contribution is 0.0160. The third kappa shape index (κ3) is 3.88. The number of methoxy groups -OCH3 is 1. The average molecular weight is 288 g/mol. The van der Waals surface area contributed by atoms with Crippen LogP contribution in [0.4, 0.5) is 0 Å². The number of nitrogens with one attached hydrogen (secondary N) is 1. The summed E-state index contributed by atoms with van der Waals surface area (Å²) in [6.45, 7) is 4.52. The zero-order valence-electron chi connectivity index (χ0n) is 12.5. The van der Waals surface area contributed by atoms with Crippen molar-refractivity contribution in [3.8, 4) is 5.69 Å². The first-order valence-electron chi connectivity index (χ1n) is 6.81. The number of nitrogens with zero attached hydrogens (tertiary/aromatic N) is 3. The molecule has 1 aromatic heterocycles. The van der Waals surface area contributed by atoms with Gasteiger partial charge >= 0.3 is 0 Å². The van der Waals surface area contributed by atoms with Gasteiger partial charge in [0.15, 0.2) is 0 Å². The van der Waals surface area contributed by atoms with Crippen LogP contribution in [0.2, 0.25) is 0 Å². The summed E-state index contributed by atoms with van der Waals surface area (Å²) in [7, 11) is 1.67. The van der Waals surface area contributed by atoms with E-state index in [1.165, 1.54) is 6.33 Å². The predicted molar refractivity (Wildman–Crippen MR) is 79.4 cm³/mol. The van der Waals surface area contributed by atoms with E-state index in [1.54, 1.807) is 24.2 Å². The van der Waals surface area contributed by atoms with E-state index in [-0.39, 0.29) is 11.5 Å². The summed E-state index contributed by atoms with van der Waals surface area (Å²) in [5, 5.41) is 6.98. The molecule has 0 saturated heterocycles. The number of carbonyl (C=O) groups is 1. The highest BCUT2D eigenvalue weighted by Gasteiger charge is 2.17. The first kappa shape index (κ1) is 15.2. The Hall–Kier alpha value is -2.21. The van der Waals surface area contributed by atoms with Crippen LogP contribution in [0.25, 0.3) is 5.69 Å². The van der Waals surface area contributed by atoms with Crippen LogP contribution in [0, 0.1) is 0 Å². The number of rotatable bonds is 6. The van der Waals surface area contributed by atoms with E-state index in [9.17, 15) is 4.79 Å². The van der Waals surface area contributed by atoms with Gasteiger partial charge < -0.3 is 10.1 Å². The Labute approximate surface area is 124 Å². The van der Waals surface area contributed by atoms with Gasteiger partial charge in [0.25, 0.3) is 5.91 Å². The number of carbonyl (C=O) groups excluding carboxylic acids is 1. The van der Waals surface area contributed by atoms with Crippen LogP contribution in [0.1, 0.15) is 30.6 Å². The van der Waals surface area contributed by atoms with Gasteiger partial charge in [-0.1, -0.05) is 12.1 Å². The fourth-order valence-corrected chi connectivity index (χ4v) is 1.87. The number of aromatic nitrogens is 3. The van der Waals surface area contributed by atoms with Crippen molar-refractivity contribution in [1.29, 1.82) is 0 Å². The molecule has 0 radical (unpaired) electrons. The number of para-hydroxylation sites is 1. The molecule has 1 aromatic carbocycles. The monoisotopic (exact) mass is 288 g/mol. The maximum Gasteiger partial charge on any atom is 0.253 e. The van der Waals surface area contributed by atoms with E-state index in [4.69, 9.17) is 4.74 Å². The second kappa shape index (κ2) is 6.49. The summed E-state index contributed by atoms with van der Waals surface area (Å²) in [4.78, 5) is 16.2. The van der Waals surface area contributed by atoms with Gasteiger partial charge in [-0.05, 0) is 32.4 Å². The molecule has 6 nitrogen and oxygen atoms in total. The maximum absolute atomic E-state index is 12.3. The third-order valence-corrected chi connectivity index (χ3v) is 3.38. The number of ether oxygens (including phenoxy) is 1. The molecule has 2 aromatic rings. The predicted octanol–water partition coefficient (Wildman–Crippen LogP) is 1.81. The first-order chi connectivity index (χ1) is 10.0. The Kier molecular flexibility index (Phi) is 4.70. The van der Waals surface area contributed by atoms with Crippen LogP contribution >= 0.6 is 0 Å². The van der Waals surface area contributed by atoms with Gasteiger partial charge in [-0.15, -0.1) is 0 Å². The zero-order chi connectivity index (χ0) is 15.3. The summed E-state index contributed by atoms with van der Waals surface area (Å²) in [5.41, 5.74) is 1.02. The minimum absolute atomic E-state index is 0.131. The molecule has 21 heavy (non-hydrogen) atoms. The van der Waals surface area contributed by atoms with Gasteiger partial charge in [-0.25, -0.2) is 9.67 Å². The van der Waals surface area contributed by atoms with Gasteiger partial charge in [0.1, 0.15) is 12.7 Å². The van der Waals surface area contributed by atoms with Gasteiger partial charge in [0.2, 0.25) is 0 Å². The molecule has 0 aliphatic rings. The highest BCUT2D eigenvalue weighted by molar-refractivity contribution is 5.97. The molecule has 0 fully saturated rings. The van der Waals surface area contributed by atoms with Crippen molar-refractivity contribution in [2.24, 2.45) is 0 Å². The van der Waals surface area contributed by atoms with Crippen LogP contribution in [-0.4, -0.2) is 39.9 Å². The van der Waals surface area contributed by atoms with Crippen molar-refractivity contribution in [1.82, 2.24) is 20.1 Å². The minimum atomic E-state index is -0.251. The summed E-state index contributed by atoms with van der Waals surface area (Å²) in [5.74, 6) is -0.131. The van der Waals surface area contributed by atoms with Crippen LogP contribution in [0.5, 0.6) is 0 Å². The molecule has 1 amide bonds. The molecular formula is C15H20N4O2. The molecule has 1 N–H and O–H groups in total. The van der Waals surface area contributed by atoms with Crippen molar-refractivity contribution >= 4 is 5.91 Å². The average Bonchev–Trinajstić information content (AvgIpc) is 3.01. The minimum Gasteiger partial charge on any atom is -0.379 e. The molecule has 0 unspecified atom stereocenters. The van der Waals surface area contributed by atoms with Gasteiger partial charge in [0, 0.05) is 13.7 Å². The van der Waals surface area contributed by atoms with E-state index < -0.39 is 0 Å². The van der Waals surface area contributed by atoms with Gasteiger partial charge in [-0.3, -0.25) is 4.79 Å². The van der Waals surface area contributed by atoms with E-state index in [0.717, 1.165) is 6.42 Å². The highest BCUT2D eigenvalue weighted by atomic mass is 16.5. The second-order valence-corrected chi connectivity index (χ2v) is 5.33. The van der Waals surface area contributed by atoms with Crippen molar-refractivity contribution in [3.63, 3.8) is 0 Å².